The van der Waals surface area contributed by atoms with Gasteiger partial charge in [0.05, 0.1) is 11.6 Å². The molecule has 6 heteroatoms. The Balaban J connectivity index is 1.82. The van der Waals surface area contributed by atoms with Gasteiger partial charge < -0.3 is 4.74 Å². The molecule has 3 rings (SSSR count). The molecule has 2 aliphatic heterocycles. The average Bonchev–Trinajstić information content (AvgIpc) is 2.90. The Morgan fingerprint density at radius 3 is 3.05 bits per heavy atom. The fourth-order valence-corrected chi connectivity index (χ4v) is 5.11. The van der Waals surface area contributed by atoms with Crippen molar-refractivity contribution in [3.05, 3.63) is 34.6 Å². The highest BCUT2D eigenvalue weighted by Gasteiger charge is 2.42. The summed E-state index contributed by atoms with van der Waals surface area (Å²) in [5.41, 5.74) is 3.75. The number of hydrazine groups is 1. The van der Waals surface area contributed by atoms with Gasteiger partial charge in [0.2, 0.25) is 0 Å². The van der Waals surface area contributed by atoms with Gasteiger partial charge in [-0.2, -0.15) is 11.8 Å². The second kappa shape index (κ2) is 6.42. The number of hydrogen-bond acceptors (Lipinski definition) is 4. The smallest absolute Gasteiger partial charge is 0.124 e. The van der Waals surface area contributed by atoms with Gasteiger partial charge in [-0.05, 0) is 48.6 Å². The Bertz CT molecular complexity index is 510. The standard InChI is InChI=1S/C15H20ClFN2OS/c16-13-7-11(17)1-2-12(13)14(19-18)10-3-5-20-15(8-10)4-6-21-9-15/h1-2,7,10,14,19H,3-6,8-9,18H2. The van der Waals surface area contributed by atoms with E-state index in [0.29, 0.717) is 10.9 Å². The Kier molecular flexibility index (Phi) is 4.76. The minimum atomic E-state index is -0.324. The van der Waals surface area contributed by atoms with E-state index < -0.39 is 0 Å². The van der Waals surface area contributed by atoms with Crippen molar-refractivity contribution >= 4 is 23.4 Å². The molecule has 2 aliphatic rings. The van der Waals surface area contributed by atoms with Crippen molar-refractivity contribution in [1.82, 2.24) is 5.43 Å². The number of halogens is 2. The van der Waals surface area contributed by atoms with Crippen LogP contribution in [0.2, 0.25) is 5.02 Å². The largest absolute Gasteiger partial charge is 0.374 e. The maximum Gasteiger partial charge on any atom is 0.124 e. The first-order valence-corrected chi connectivity index (χ1v) is 8.80. The van der Waals surface area contributed by atoms with Gasteiger partial charge >= 0.3 is 0 Å². The fourth-order valence-electron chi connectivity index (χ4n) is 3.45. The quantitative estimate of drug-likeness (QED) is 0.659. The van der Waals surface area contributed by atoms with Gasteiger partial charge in [0.25, 0.3) is 0 Å². The molecular formula is C15H20ClFN2OS. The predicted molar refractivity (Wildman–Crippen MR) is 84.8 cm³/mol. The van der Waals surface area contributed by atoms with Crippen LogP contribution >= 0.6 is 23.4 Å². The highest BCUT2D eigenvalue weighted by molar-refractivity contribution is 7.99. The van der Waals surface area contributed by atoms with E-state index in [1.165, 1.54) is 12.1 Å². The summed E-state index contributed by atoms with van der Waals surface area (Å²) in [5.74, 6) is 8.02. The zero-order chi connectivity index (χ0) is 14.9. The van der Waals surface area contributed by atoms with Crippen LogP contribution in [0.4, 0.5) is 4.39 Å². The molecule has 2 saturated heterocycles. The number of benzene rings is 1. The first kappa shape index (κ1) is 15.6. The van der Waals surface area contributed by atoms with Crippen molar-refractivity contribution in [2.75, 3.05) is 18.1 Å². The first-order valence-electron chi connectivity index (χ1n) is 7.26. The van der Waals surface area contributed by atoms with E-state index in [4.69, 9.17) is 22.2 Å². The lowest BCUT2D eigenvalue weighted by Crippen LogP contribution is -2.45. The zero-order valence-corrected chi connectivity index (χ0v) is 13.4. The van der Waals surface area contributed by atoms with Crippen LogP contribution < -0.4 is 11.3 Å². The molecule has 116 valence electrons. The van der Waals surface area contributed by atoms with Crippen molar-refractivity contribution in [3.8, 4) is 0 Å². The van der Waals surface area contributed by atoms with Crippen LogP contribution in [0.1, 0.15) is 30.9 Å². The summed E-state index contributed by atoms with van der Waals surface area (Å²) < 4.78 is 19.3. The monoisotopic (exact) mass is 330 g/mol. The maximum absolute atomic E-state index is 13.2. The molecule has 0 bridgehead atoms. The SMILES string of the molecule is NNC(c1ccc(F)cc1Cl)C1CCOC2(CCSC2)C1. The summed E-state index contributed by atoms with van der Waals surface area (Å²) in [6.45, 7) is 0.752. The molecule has 0 radical (unpaired) electrons. The molecule has 3 nitrogen and oxygen atoms in total. The summed E-state index contributed by atoms with van der Waals surface area (Å²) in [4.78, 5) is 0. The molecule has 21 heavy (non-hydrogen) atoms. The van der Waals surface area contributed by atoms with Crippen LogP contribution in [0.3, 0.4) is 0 Å². The van der Waals surface area contributed by atoms with Crippen LogP contribution in [0.5, 0.6) is 0 Å². The van der Waals surface area contributed by atoms with Gasteiger partial charge in [-0.25, -0.2) is 4.39 Å². The zero-order valence-electron chi connectivity index (χ0n) is 11.8. The van der Waals surface area contributed by atoms with Crippen LogP contribution in [0.15, 0.2) is 18.2 Å². The van der Waals surface area contributed by atoms with Crippen LogP contribution in [0, 0.1) is 11.7 Å². The molecule has 1 spiro atoms. The Labute approximate surface area is 133 Å². The number of hydrogen-bond donors (Lipinski definition) is 2. The molecule has 3 unspecified atom stereocenters. The van der Waals surface area contributed by atoms with Crippen molar-refractivity contribution < 1.29 is 9.13 Å². The molecule has 1 aromatic rings. The number of nitrogens with two attached hydrogens (primary N) is 1. The highest BCUT2D eigenvalue weighted by Crippen LogP contribution is 2.44. The summed E-state index contributed by atoms with van der Waals surface area (Å²) in [6, 6.07) is 4.45. The number of nitrogens with one attached hydrogen (secondary N) is 1. The van der Waals surface area contributed by atoms with Crippen LogP contribution in [-0.2, 0) is 4.74 Å². The minimum absolute atomic E-state index is 0.00477. The lowest BCUT2D eigenvalue weighted by atomic mass is 9.79. The van der Waals surface area contributed by atoms with Crippen LogP contribution in [0.25, 0.3) is 0 Å². The van der Waals surface area contributed by atoms with Crippen molar-refractivity contribution in [2.24, 2.45) is 11.8 Å². The third-order valence-corrected chi connectivity index (χ3v) is 6.10. The first-order chi connectivity index (χ1) is 10.1. The molecule has 2 heterocycles. The number of thioether (sulfide) groups is 1. The number of rotatable bonds is 3. The van der Waals surface area contributed by atoms with Gasteiger partial charge in [0, 0.05) is 17.4 Å². The van der Waals surface area contributed by atoms with Crippen molar-refractivity contribution in [1.29, 1.82) is 0 Å². The fraction of sp³-hybridized carbons (Fsp3) is 0.600. The number of ether oxygens (including phenoxy) is 1. The molecule has 2 fully saturated rings. The summed E-state index contributed by atoms with van der Waals surface area (Å²) in [6.07, 6.45) is 3.01. The van der Waals surface area contributed by atoms with E-state index in [0.717, 1.165) is 42.9 Å². The third-order valence-electron chi connectivity index (χ3n) is 4.55. The Morgan fingerprint density at radius 1 is 1.52 bits per heavy atom. The molecule has 0 saturated carbocycles. The lowest BCUT2D eigenvalue weighted by Gasteiger charge is -2.41. The molecule has 0 aromatic heterocycles. The second-order valence-corrected chi connectivity index (χ2v) is 7.41. The lowest BCUT2D eigenvalue weighted by molar-refractivity contribution is -0.0854. The summed E-state index contributed by atoms with van der Waals surface area (Å²) >= 11 is 8.15. The van der Waals surface area contributed by atoms with E-state index in [9.17, 15) is 4.39 Å². The van der Waals surface area contributed by atoms with E-state index in [1.807, 2.05) is 11.8 Å². The minimum Gasteiger partial charge on any atom is -0.374 e. The molecule has 3 N–H and O–H groups in total. The Morgan fingerprint density at radius 2 is 2.38 bits per heavy atom. The Hall–Kier alpha value is -0.330. The summed E-state index contributed by atoms with van der Waals surface area (Å²) in [5, 5.41) is 0.430. The van der Waals surface area contributed by atoms with E-state index in [-0.39, 0.29) is 17.5 Å². The van der Waals surface area contributed by atoms with Gasteiger partial charge in [0.1, 0.15) is 5.82 Å². The molecule has 1 aromatic carbocycles. The van der Waals surface area contributed by atoms with Gasteiger partial charge in [-0.15, -0.1) is 0 Å². The van der Waals surface area contributed by atoms with Gasteiger partial charge in [0.15, 0.2) is 0 Å². The van der Waals surface area contributed by atoms with Crippen molar-refractivity contribution in [3.63, 3.8) is 0 Å². The highest BCUT2D eigenvalue weighted by atomic mass is 35.5. The third kappa shape index (κ3) is 3.22. The van der Waals surface area contributed by atoms with E-state index in [2.05, 4.69) is 5.43 Å². The summed E-state index contributed by atoms with van der Waals surface area (Å²) in [7, 11) is 0. The normalized spacial score (nSPS) is 30.7. The molecule has 3 atom stereocenters. The van der Waals surface area contributed by atoms with E-state index in [1.54, 1.807) is 6.07 Å². The maximum atomic E-state index is 13.2. The predicted octanol–water partition coefficient (Wildman–Crippen LogP) is 3.29. The molecular weight excluding hydrogens is 311 g/mol. The molecule has 0 aliphatic carbocycles. The molecule has 0 amide bonds. The second-order valence-electron chi connectivity index (χ2n) is 5.90. The van der Waals surface area contributed by atoms with E-state index >= 15 is 0 Å². The van der Waals surface area contributed by atoms with Crippen molar-refractivity contribution in [2.45, 2.75) is 30.9 Å². The van der Waals surface area contributed by atoms with Crippen LogP contribution in [-0.4, -0.2) is 23.7 Å². The topological polar surface area (TPSA) is 47.3 Å². The van der Waals surface area contributed by atoms with Gasteiger partial charge in [-0.1, -0.05) is 17.7 Å². The average molecular weight is 331 g/mol. The van der Waals surface area contributed by atoms with Gasteiger partial charge in [-0.3, -0.25) is 11.3 Å².